The molecule has 2 N–H and O–H groups in total. The molecule has 2 aromatic rings. The van der Waals surface area contributed by atoms with Crippen LogP contribution in [0.2, 0.25) is 0 Å². The van der Waals surface area contributed by atoms with Crippen LogP contribution in [0.25, 0.3) is 5.82 Å². The second kappa shape index (κ2) is 6.44. The van der Waals surface area contributed by atoms with Crippen LogP contribution >= 0.6 is 0 Å². The number of nitrogens with one attached hydrogen (secondary N) is 1. The Bertz CT molecular complexity index is 622. The van der Waals surface area contributed by atoms with Gasteiger partial charge in [-0.3, -0.25) is 0 Å². The lowest BCUT2D eigenvalue weighted by molar-refractivity contribution is 0.254. The van der Waals surface area contributed by atoms with E-state index in [2.05, 4.69) is 20.6 Å². The maximum atomic E-state index is 9.14. The number of anilines is 1. The van der Waals surface area contributed by atoms with Crippen LogP contribution in [-0.2, 0) is 0 Å². The van der Waals surface area contributed by atoms with Crippen LogP contribution in [0.4, 0.5) is 5.82 Å². The second-order valence-electron chi connectivity index (χ2n) is 6.07. The van der Waals surface area contributed by atoms with Crippen molar-refractivity contribution in [3.8, 4) is 5.82 Å². The van der Waals surface area contributed by atoms with Gasteiger partial charge in [0.15, 0.2) is 5.82 Å². The van der Waals surface area contributed by atoms with Crippen molar-refractivity contribution in [1.29, 1.82) is 0 Å². The number of hydrogen-bond donors (Lipinski definition) is 2. The third kappa shape index (κ3) is 3.11. The van der Waals surface area contributed by atoms with E-state index < -0.39 is 0 Å². The van der Waals surface area contributed by atoms with Crippen molar-refractivity contribution >= 4 is 5.82 Å². The van der Waals surface area contributed by atoms with Gasteiger partial charge in [-0.25, -0.2) is 4.68 Å². The van der Waals surface area contributed by atoms with Crippen molar-refractivity contribution in [3.63, 3.8) is 0 Å². The Morgan fingerprint density at radius 3 is 2.77 bits per heavy atom. The molecule has 1 aliphatic rings. The lowest BCUT2D eigenvalue weighted by atomic mass is 10.0. The summed E-state index contributed by atoms with van der Waals surface area (Å²) in [6.45, 7) is 4.23. The summed E-state index contributed by atoms with van der Waals surface area (Å²) < 4.78 is 1.80. The minimum atomic E-state index is 0.255. The first-order valence-electron chi connectivity index (χ1n) is 7.92. The van der Waals surface area contributed by atoms with Crippen LogP contribution in [0, 0.1) is 19.8 Å². The smallest absolute Gasteiger partial charge is 0.176 e. The summed E-state index contributed by atoms with van der Waals surface area (Å²) in [7, 11) is 0. The first-order valence-corrected chi connectivity index (χ1v) is 7.92. The highest BCUT2D eigenvalue weighted by molar-refractivity contribution is 5.38. The fourth-order valence-corrected chi connectivity index (χ4v) is 3.30. The lowest BCUT2D eigenvalue weighted by Crippen LogP contribution is -2.25. The summed E-state index contributed by atoms with van der Waals surface area (Å²) in [5.74, 6) is 2.05. The zero-order valence-corrected chi connectivity index (χ0v) is 13.2. The van der Waals surface area contributed by atoms with E-state index in [4.69, 9.17) is 5.11 Å². The molecule has 6 heteroatoms. The summed E-state index contributed by atoms with van der Waals surface area (Å²) in [6.07, 6.45) is 4.37. The summed E-state index contributed by atoms with van der Waals surface area (Å²) in [4.78, 5) is 0. The van der Waals surface area contributed by atoms with E-state index in [1.807, 2.05) is 32.0 Å². The molecule has 118 valence electrons. The lowest BCUT2D eigenvalue weighted by Gasteiger charge is -2.20. The first kappa shape index (κ1) is 15.0. The average molecular weight is 301 g/mol. The molecule has 1 fully saturated rings. The number of nitrogens with zero attached hydrogens (tertiary/aromatic N) is 4. The topological polar surface area (TPSA) is 75.9 Å². The third-order valence-electron chi connectivity index (χ3n) is 4.37. The van der Waals surface area contributed by atoms with Gasteiger partial charge in [0.2, 0.25) is 0 Å². The van der Waals surface area contributed by atoms with Crippen LogP contribution in [0.1, 0.15) is 37.1 Å². The Labute approximate surface area is 130 Å². The van der Waals surface area contributed by atoms with Gasteiger partial charge in [0.25, 0.3) is 0 Å². The van der Waals surface area contributed by atoms with Gasteiger partial charge in [-0.2, -0.15) is 5.10 Å². The van der Waals surface area contributed by atoms with Gasteiger partial charge in [-0.05, 0) is 57.2 Å². The molecule has 0 bridgehead atoms. The molecule has 2 heterocycles. The summed E-state index contributed by atoms with van der Waals surface area (Å²) in [5.41, 5.74) is 2.02. The number of aryl methyl sites for hydroxylation is 2. The predicted molar refractivity (Wildman–Crippen MR) is 85.1 cm³/mol. The molecule has 0 spiro atoms. The van der Waals surface area contributed by atoms with Gasteiger partial charge in [0.1, 0.15) is 5.82 Å². The molecular weight excluding hydrogens is 278 g/mol. The quantitative estimate of drug-likeness (QED) is 0.886. The first-order chi connectivity index (χ1) is 10.7. The Morgan fingerprint density at radius 2 is 2.14 bits per heavy atom. The van der Waals surface area contributed by atoms with Crippen molar-refractivity contribution in [2.75, 3.05) is 11.9 Å². The molecule has 1 aliphatic carbocycles. The number of aromatic nitrogens is 4. The predicted octanol–water partition coefficient (Wildman–Crippen LogP) is 2.24. The Morgan fingerprint density at radius 1 is 1.27 bits per heavy atom. The van der Waals surface area contributed by atoms with Crippen molar-refractivity contribution < 1.29 is 5.11 Å². The van der Waals surface area contributed by atoms with E-state index in [0.717, 1.165) is 35.9 Å². The SMILES string of the molecule is Cc1cc(C)n(-c2ccc(NC3CCCC3CCO)nn2)n1. The fourth-order valence-electron chi connectivity index (χ4n) is 3.30. The molecule has 0 amide bonds. The van der Waals surface area contributed by atoms with Crippen LogP contribution < -0.4 is 5.32 Å². The molecule has 0 radical (unpaired) electrons. The van der Waals surface area contributed by atoms with Crippen LogP contribution in [0.5, 0.6) is 0 Å². The highest BCUT2D eigenvalue weighted by Gasteiger charge is 2.26. The third-order valence-corrected chi connectivity index (χ3v) is 4.37. The molecule has 1 saturated carbocycles. The highest BCUT2D eigenvalue weighted by atomic mass is 16.3. The largest absolute Gasteiger partial charge is 0.396 e. The molecule has 22 heavy (non-hydrogen) atoms. The zero-order chi connectivity index (χ0) is 15.5. The van der Waals surface area contributed by atoms with Crippen LogP contribution in [0.15, 0.2) is 18.2 Å². The van der Waals surface area contributed by atoms with E-state index in [9.17, 15) is 0 Å². The van der Waals surface area contributed by atoms with E-state index in [1.54, 1.807) is 4.68 Å². The Kier molecular flexibility index (Phi) is 4.38. The van der Waals surface area contributed by atoms with Crippen molar-refractivity contribution in [3.05, 3.63) is 29.6 Å². The van der Waals surface area contributed by atoms with E-state index in [1.165, 1.54) is 12.8 Å². The van der Waals surface area contributed by atoms with Gasteiger partial charge < -0.3 is 10.4 Å². The molecule has 2 unspecified atom stereocenters. The molecule has 3 rings (SSSR count). The van der Waals surface area contributed by atoms with E-state index in [-0.39, 0.29) is 6.61 Å². The second-order valence-corrected chi connectivity index (χ2v) is 6.07. The number of aliphatic hydroxyl groups is 1. The minimum absolute atomic E-state index is 0.255. The molecular formula is C16H23N5O. The molecule has 0 saturated heterocycles. The Balaban J connectivity index is 1.70. The summed E-state index contributed by atoms with van der Waals surface area (Å²) in [5, 5.41) is 25.6. The van der Waals surface area contributed by atoms with Gasteiger partial charge in [-0.15, -0.1) is 10.2 Å². The monoisotopic (exact) mass is 301 g/mol. The average Bonchev–Trinajstić information content (AvgIpc) is 3.07. The van der Waals surface area contributed by atoms with Crippen LogP contribution in [0.3, 0.4) is 0 Å². The summed E-state index contributed by atoms with van der Waals surface area (Å²) >= 11 is 0. The number of hydrogen-bond acceptors (Lipinski definition) is 5. The molecule has 2 aromatic heterocycles. The molecule has 0 aliphatic heterocycles. The standard InChI is InChI=1S/C16H23N5O/c1-11-10-12(2)21(20-11)16-7-6-15(18-19-16)17-14-5-3-4-13(14)8-9-22/h6-7,10,13-14,22H,3-5,8-9H2,1-2H3,(H,17,18). The normalized spacial score (nSPS) is 21.2. The van der Waals surface area contributed by atoms with Crippen molar-refractivity contribution in [2.24, 2.45) is 5.92 Å². The van der Waals surface area contributed by atoms with E-state index in [0.29, 0.717) is 12.0 Å². The van der Waals surface area contributed by atoms with Crippen LogP contribution in [-0.4, -0.2) is 37.7 Å². The van der Waals surface area contributed by atoms with Crippen molar-refractivity contribution in [2.45, 2.75) is 45.6 Å². The number of rotatable bonds is 5. The molecule has 6 nitrogen and oxygen atoms in total. The summed E-state index contributed by atoms with van der Waals surface area (Å²) in [6, 6.07) is 6.30. The van der Waals surface area contributed by atoms with Gasteiger partial charge >= 0.3 is 0 Å². The molecule has 2 atom stereocenters. The maximum Gasteiger partial charge on any atom is 0.176 e. The Hall–Kier alpha value is -1.95. The highest BCUT2D eigenvalue weighted by Crippen LogP contribution is 2.30. The van der Waals surface area contributed by atoms with Crippen molar-refractivity contribution in [1.82, 2.24) is 20.0 Å². The van der Waals surface area contributed by atoms with E-state index >= 15 is 0 Å². The van der Waals surface area contributed by atoms with Gasteiger partial charge in [0.05, 0.1) is 5.69 Å². The maximum absolute atomic E-state index is 9.14. The van der Waals surface area contributed by atoms with Gasteiger partial charge in [0, 0.05) is 18.3 Å². The minimum Gasteiger partial charge on any atom is -0.396 e. The molecule has 0 aromatic carbocycles. The number of aliphatic hydroxyl groups excluding tert-OH is 1. The zero-order valence-electron chi connectivity index (χ0n) is 13.2. The van der Waals surface area contributed by atoms with Gasteiger partial charge in [-0.1, -0.05) is 6.42 Å². The fraction of sp³-hybridized carbons (Fsp3) is 0.562.